The third-order valence-corrected chi connectivity index (χ3v) is 13.1. The maximum Gasteiger partial charge on any atom is 0.329 e. The molecule has 4 aliphatic rings. The topological polar surface area (TPSA) is 55.4 Å². The second kappa shape index (κ2) is 11.5. The lowest BCUT2D eigenvalue weighted by Crippen LogP contribution is -2.56. The molecule has 0 aromatic carbocycles. The molecule has 2 fully saturated rings. The molecule has 0 unspecified atom stereocenters. The number of rotatable bonds is 8. The fourth-order valence-corrected chi connectivity index (χ4v) is 10.5. The van der Waals surface area contributed by atoms with Crippen molar-refractivity contribution in [3.63, 3.8) is 0 Å². The number of fused-ring (bicyclic) bond motifs is 4. The summed E-state index contributed by atoms with van der Waals surface area (Å²) in [6.07, 6.45) is 14.3. The minimum Gasteiger partial charge on any atom is -0.460 e. The molecule has 1 amide bonds. The Balaban J connectivity index is 1.56. The molecule has 0 radical (unpaired) electrons. The molecule has 4 nitrogen and oxygen atoms in total. The number of ether oxygens (including phenoxy) is 1. The van der Waals surface area contributed by atoms with Crippen molar-refractivity contribution in [2.45, 2.75) is 139 Å². The third kappa shape index (κ3) is 5.24. The van der Waals surface area contributed by atoms with E-state index in [-0.39, 0.29) is 34.6 Å². The van der Waals surface area contributed by atoms with Crippen molar-refractivity contribution in [2.75, 3.05) is 5.75 Å². The standard InChI is InChI=1S/C35H57NO3S/c1-22(2)11-10-12-23(3)25-15-19-35(9)27-13-14-29-32(5,6)30(39-31(38)28(21-40)36-24(4)37)17-18-33(29,7)26(27)16-20-34(25,35)8/h11,23,25,28-30,40H,10,12-21H2,1-9H3,(H,36,37)/t23-,25-,28+,29+,30+,33-,34-,35+/m1/s1. The first-order chi connectivity index (χ1) is 18.6. The van der Waals surface area contributed by atoms with Crippen LogP contribution in [-0.2, 0) is 14.3 Å². The average molecular weight is 572 g/mol. The quantitative estimate of drug-likeness (QED) is 0.175. The second-order valence-electron chi connectivity index (χ2n) is 15.4. The Kier molecular flexibility index (Phi) is 9.08. The van der Waals surface area contributed by atoms with Gasteiger partial charge in [0.15, 0.2) is 0 Å². The highest BCUT2D eigenvalue weighted by molar-refractivity contribution is 7.80. The van der Waals surface area contributed by atoms with Gasteiger partial charge in [0.2, 0.25) is 5.91 Å². The minimum atomic E-state index is -0.693. The molecular formula is C35H57NO3S. The van der Waals surface area contributed by atoms with E-state index >= 15 is 0 Å². The fraction of sp³-hybridized carbons (Fsp3) is 0.829. The molecule has 0 bridgehead atoms. The molecule has 8 atom stereocenters. The Morgan fingerprint density at radius 3 is 2.33 bits per heavy atom. The number of hydrogen-bond donors (Lipinski definition) is 2. The van der Waals surface area contributed by atoms with E-state index in [9.17, 15) is 9.59 Å². The molecule has 4 aliphatic carbocycles. The minimum absolute atomic E-state index is 0.127. The number of amides is 1. The van der Waals surface area contributed by atoms with Crippen LogP contribution in [0.1, 0.15) is 127 Å². The Labute approximate surface area is 250 Å². The summed E-state index contributed by atoms with van der Waals surface area (Å²) in [6.45, 7) is 20.8. The first-order valence-electron chi connectivity index (χ1n) is 16.1. The van der Waals surface area contributed by atoms with Crippen molar-refractivity contribution in [3.05, 3.63) is 22.8 Å². The Bertz CT molecular complexity index is 1060. The highest BCUT2D eigenvalue weighted by Gasteiger charge is 2.63. The van der Waals surface area contributed by atoms with Crippen molar-refractivity contribution in [1.82, 2.24) is 5.32 Å². The maximum atomic E-state index is 13.0. The second-order valence-corrected chi connectivity index (χ2v) is 15.8. The molecule has 1 N–H and O–H groups in total. The highest BCUT2D eigenvalue weighted by Crippen LogP contribution is 2.72. The highest BCUT2D eigenvalue weighted by atomic mass is 32.1. The van der Waals surface area contributed by atoms with Crippen LogP contribution in [0.25, 0.3) is 0 Å². The van der Waals surface area contributed by atoms with Gasteiger partial charge in [0.25, 0.3) is 0 Å². The number of thiol groups is 1. The van der Waals surface area contributed by atoms with E-state index < -0.39 is 6.04 Å². The molecule has 0 aromatic heterocycles. The van der Waals surface area contributed by atoms with Crippen molar-refractivity contribution in [1.29, 1.82) is 0 Å². The van der Waals surface area contributed by atoms with Gasteiger partial charge < -0.3 is 10.1 Å². The first kappa shape index (κ1) is 31.7. The van der Waals surface area contributed by atoms with Crippen LogP contribution < -0.4 is 5.32 Å². The Morgan fingerprint density at radius 2 is 1.70 bits per heavy atom. The zero-order chi connectivity index (χ0) is 29.7. The largest absolute Gasteiger partial charge is 0.460 e. The van der Waals surface area contributed by atoms with E-state index in [4.69, 9.17) is 4.74 Å². The zero-order valence-corrected chi connectivity index (χ0v) is 27.8. The van der Waals surface area contributed by atoms with Gasteiger partial charge in [0.1, 0.15) is 12.1 Å². The first-order valence-corrected chi connectivity index (χ1v) is 16.7. The lowest BCUT2D eigenvalue weighted by Gasteiger charge is -2.62. The molecule has 0 saturated heterocycles. The maximum absolute atomic E-state index is 13.0. The molecule has 226 valence electrons. The van der Waals surface area contributed by atoms with E-state index in [1.807, 2.05) is 5.57 Å². The molecule has 0 spiro atoms. The molecule has 5 heteroatoms. The molecule has 4 rings (SSSR count). The summed E-state index contributed by atoms with van der Waals surface area (Å²) in [4.78, 5) is 24.6. The van der Waals surface area contributed by atoms with Crippen LogP contribution in [0.4, 0.5) is 0 Å². The van der Waals surface area contributed by atoms with Crippen molar-refractivity contribution in [2.24, 2.45) is 39.4 Å². The summed E-state index contributed by atoms with van der Waals surface area (Å²) < 4.78 is 6.16. The molecule has 0 aliphatic heterocycles. The van der Waals surface area contributed by atoms with Crippen LogP contribution in [0.2, 0.25) is 0 Å². The van der Waals surface area contributed by atoms with Crippen LogP contribution in [0.5, 0.6) is 0 Å². The Morgan fingerprint density at radius 1 is 1.00 bits per heavy atom. The van der Waals surface area contributed by atoms with Gasteiger partial charge in [0, 0.05) is 18.1 Å². The monoisotopic (exact) mass is 571 g/mol. The number of allylic oxidation sites excluding steroid dienone is 4. The van der Waals surface area contributed by atoms with Crippen LogP contribution in [0.3, 0.4) is 0 Å². The SMILES string of the molecule is CC(=O)N[C@@H](CS)C(=O)O[C@H]1CC[C@]2(C)C3=C(CC[C@H]2C1(C)C)[C@]1(C)CC[C@H]([C@H](C)CCC=C(C)C)[C@@]1(C)CC3. The van der Waals surface area contributed by atoms with E-state index in [0.29, 0.717) is 16.7 Å². The molecule has 40 heavy (non-hydrogen) atoms. The summed E-state index contributed by atoms with van der Waals surface area (Å²) in [7, 11) is 0. The lowest BCUT2D eigenvalue weighted by molar-refractivity contribution is -0.172. The third-order valence-electron chi connectivity index (χ3n) is 12.7. The fourth-order valence-electron chi connectivity index (χ4n) is 10.3. The smallest absolute Gasteiger partial charge is 0.329 e. The van der Waals surface area contributed by atoms with Crippen LogP contribution in [-0.4, -0.2) is 29.8 Å². The van der Waals surface area contributed by atoms with Crippen molar-refractivity contribution < 1.29 is 14.3 Å². The molecule has 2 saturated carbocycles. The van der Waals surface area contributed by atoms with Gasteiger partial charge >= 0.3 is 5.97 Å². The van der Waals surface area contributed by atoms with E-state index in [0.717, 1.165) is 24.7 Å². The van der Waals surface area contributed by atoms with E-state index in [1.54, 1.807) is 5.57 Å². The summed E-state index contributed by atoms with van der Waals surface area (Å²) in [5.74, 6) is 1.71. The normalized spacial score (nSPS) is 37.9. The lowest BCUT2D eigenvalue weighted by atomic mass is 9.43. The summed E-state index contributed by atoms with van der Waals surface area (Å²) in [5.41, 5.74) is 5.74. The van der Waals surface area contributed by atoms with Gasteiger partial charge in [-0.1, -0.05) is 64.3 Å². The van der Waals surface area contributed by atoms with Gasteiger partial charge in [-0.25, -0.2) is 4.79 Å². The Hall–Kier alpha value is -1.23. The summed E-state index contributed by atoms with van der Waals surface area (Å²) in [5, 5.41) is 2.70. The number of esters is 1. The average Bonchev–Trinajstić information content (AvgIpc) is 3.15. The van der Waals surface area contributed by atoms with Gasteiger partial charge in [-0.2, -0.15) is 12.6 Å². The number of nitrogens with one attached hydrogen (secondary N) is 1. The summed E-state index contributed by atoms with van der Waals surface area (Å²) in [6, 6.07) is -0.693. The van der Waals surface area contributed by atoms with Crippen molar-refractivity contribution >= 4 is 24.5 Å². The van der Waals surface area contributed by atoms with Crippen LogP contribution in [0, 0.1) is 39.4 Å². The number of carbonyl (C=O) groups is 2. The van der Waals surface area contributed by atoms with E-state index in [1.165, 1.54) is 63.9 Å². The van der Waals surface area contributed by atoms with Crippen LogP contribution >= 0.6 is 12.6 Å². The van der Waals surface area contributed by atoms with Gasteiger partial charge in [-0.05, 0) is 112 Å². The molecule has 0 aromatic rings. The van der Waals surface area contributed by atoms with Gasteiger partial charge in [-0.3, -0.25) is 4.79 Å². The van der Waals surface area contributed by atoms with Crippen LogP contribution in [0.15, 0.2) is 22.8 Å². The van der Waals surface area contributed by atoms with Gasteiger partial charge in [0.05, 0.1) is 0 Å². The predicted octanol–water partition coefficient (Wildman–Crippen LogP) is 8.46. The van der Waals surface area contributed by atoms with Gasteiger partial charge in [-0.15, -0.1) is 0 Å². The van der Waals surface area contributed by atoms with E-state index in [2.05, 4.69) is 79.4 Å². The number of hydrogen-bond acceptors (Lipinski definition) is 4. The van der Waals surface area contributed by atoms with Crippen molar-refractivity contribution in [3.8, 4) is 0 Å². The zero-order valence-electron chi connectivity index (χ0n) is 26.9. The predicted molar refractivity (Wildman–Crippen MR) is 168 cm³/mol. The summed E-state index contributed by atoms with van der Waals surface area (Å²) >= 11 is 4.29. The molecule has 0 heterocycles. The number of carbonyl (C=O) groups excluding carboxylic acids is 2. The molecular weight excluding hydrogens is 514 g/mol.